The quantitative estimate of drug-likeness (QED) is 0.175. The van der Waals surface area contributed by atoms with Gasteiger partial charge in [-0.05, 0) is 103 Å². The third-order valence-corrected chi connectivity index (χ3v) is 10.5. The average Bonchev–Trinajstić information content (AvgIpc) is 3.42. The second-order valence-corrected chi connectivity index (χ2v) is 13.8. The monoisotopic (exact) mass is 639 g/mol. The highest BCUT2D eigenvalue weighted by molar-refractivity contribution is 6.04. The smallest absolute Gasteiger partial charge is 0.0468 e. The molecule has 8 aromatic carbocycles. The summed E-state index contributed by atoms with van der Waals surface area (Å²) in [6.45, 7) is 4.71. The zero-order valence-electron chi connectivity index (χ0n) is 28.3. The maximum Gasteiger partial charge on any atom is 0.0468 e. The van der Waals surface area contributed by atoms with Crippen molar-refractivity contribution >= 4 is 27.8 Å². The third kappa shape index (κ3) is 5.02. The van der Waals surface area contributed by atoms with Gasteiger partial charge in [0.05, 0.1) is 0 Å². The fourth-order valence-corrected chi connectivity index (χ4v) is 7.92. The van der Waals surface area contributed by atoms with Crippen molar-refractivity contribution in [3.63, 3.8) is 0 Å². The highest BCUT2D eigenvalue weighted by atomic mass is 15.1. The minimum Gasteiger partial charge on any atom is -0.310 e. The first kappa shape index (κ1) is 29.9. The van der Waals surface area contributed by atoms with Crippen LogP contribution in [0.3, 0.4) is 0 Å². The third-order valence-electron chi connectivity index (χ3n) is 10.5. The Labute approximate surface area is 294 Å². The van der Waals surface area contributed by atoms with Gasteiger partial charge < -0.3 is 4.90 Å². The molecular formula is C49H37N. The predicted molar refractivity (Wildman–Crippen MR) is 213 cm³/mol. The molecule has 0 N–H and O–H groups in total. The van der Waals surface area contributed by atoms with Crippen molar-refractivity contribution in [1.82, 2.24) is 0 Å². The topological polar surface area (TPSA) is 3.24 Å². The van der Waals surface area contributed by atoms with Crippen LogP contribution in [0.5, 0.6) is 0 Å². The molecule has 0 amide bonds. The molecule has 1 aliphatic rings. The molecule has 1 nitrogen and oxygen atoms in total. The molecular weight excluding hydrogens is 603 g/mol. The number of hydrogen-bond donors (Lipinski definition) is 0. The fraction of sp³-hybridized carbons (Fsp3) is 0.0612. The van der Waals surface area contributed by atoms with Gasteiger partial charge in [0.1, 0.15) is 0 Å². The van der Waals surface area contributed by atoms with Crippen molar-refractivity contribution in [3.05, 3.63) is 199 Å². The molecule has 0 aliphatic heterocycles. The molecule has 238 valence electrons. The van der Waals surface area contributed by atoms with Crippen LogP contribution >= 0.6 is 0 Å². The maximum absolute atomic E-state index is 2.40. The first-order valence-corrected chi connectivity index (χ1v) is 17.4. The molecule has 1 aliphatic carbocycles. The van der Waals surface area contributed by atoms with E-state index in [0.717, 1.165) is 17.1 Å². The molecule has 0 spiro atoms. The molecule has 0 aromatic heterocycles. The Morgan fingerprint density at radius 2 is 0.820 bits per heavy atom. The summed E-state index contributed by atoms with van der Waals surface area (Å²) >= 11 is 0. The van der Waals surface area contributed by atoms with Crippen LogP contribution in [0.25, 0.3) is 55.3 Å². The lowest BCUT2D eigenvalue weighted by Gasteiger charge is -2.27. The van der Waals surface area contributed by atoms with Gasteiger partial charge in [-0.15, -0.1) is 0 Å². The van der Waals surface area contributed by atoms with Crippen molar-refractivity contribution < 1.29 is 0 Å². The molecule has 0 heterocycles. The number of hydrogen-bond acceptors (Lipinski definition) is 1. The number of benzene rings is 8. The van der Waals surface area contributed by atoms with Gasteiger partial charge >= 0.3 is 0 Å². The molecule has 9 rings (SSSR count). The number of nitrogens with zero attached hydrogens (tertiary/aromatic N) is 1. The first-order valence-electron chi connectivity index (χ1n) is 17.4. The van der Waals surface area contributed by atoms with E-state index in [0.29, 0.717) is 0 Å². The Morgan fingerprint density at radius 1 is 0.360 bits per heavy atom. The summed E-state index contributed by atoms with van der Waals surface area (Å²) in [4.78, 5) is 2.40. The van der Waals surface area contributed by atoms with E-state index in [9.17, 15) is 0 Å². The largest absolute Gasteiger partial charge is 0.310 e. The van der Waals surface area contributed by atoms with E-state index in [4.69, 9.17) is 0 Å². The van der Waals surface area contributed by atoms with Gasteiger partial charge in [0.15, 0.2) is 0 Å². The van der Waals surface area contributed by atoms with Crippen molar-refractivity contribution in [1.29, 1.82) is 0 Å². The summed E-state index contributed by atoms with van der Waals surface area (Å²) in [6, 6.07) is 68.5. The molecule has 0 atom stereocenters. The van der Waals surface area contributed by atoms with E-state index in [1.807, 2.05) is 0 Å². The van der Waals surface area contributed by atoms with E-state index in [1.165, 1.54) is 66.4 Å². The molecule has 50 heavy (non-hydrogen) atoms. The molecule has 0 radical (unpaired) electrons. The van der Waals surface area contributed by atoms with Crippen LogP contribution in [0.1, 0.15) is 25.0 Å². The predicted octanol–water partition coefficient (Wildman–Crippen LogP) is 13.6. The summed E-state index contributed by atoms with van der Waals surface area (Å²) in [6.07, 6.45) is 0. The van der Waals surface area contributed by atoms with Gasteiger partial charge in [0.2, 0.25) is 0 Å². The molecule has 0 saturated heterocycles. The molecule has 0 fully saturated rings. The normalized spacial score (nSPS) is 12.8. The Kier molecular flexibility index (Phi) is 7.21. The number of fused-ring (bicyclic) bond motifs is 5. The minimum atomic E-state index is -0.0467. The van der Waals surface area contributed by atoms with Crippen LogP contribution in [-0.4, -0.2) is 0 Å². The zero-order chi connectivity index (χ0) is 33.7. The highest BCUT2D eigenvalue weighted by Crippen LogP contribution is 2.52. The van der Waals surface area contributed by atoms with Gasteiger partial charge in [0.25, 0.3) is 0 Å². The Morgan fingerprint density at radius 3 is 1.46 bits per heavy atom. The second kappa shape index (κ2) is 12.1. The van der Waals surface area contributed by atoms with E-state index < -0.39 is 0 Å². The van der Waals surface area contributed by atoms with Gasteiger partial charge in [0, 0.05) is 22.5 Å². The van der Waals surface area contributed by atoms with Gasteiger partial charge in [-0.25, -0.2) is 0 Å². The first-order chi connectivity index (χ1) is 24.6. The van der Waals surface area contributed by atoms with E-state index in [1.54, 1.807) is 0 Å². The van der Waals surface area contributed by atoms with Crippen LogP contribution in [0, 0.1) is 0 Å². The summed E-state index contributed by atoms with van der Waals surface area (Å²) in [5, 5.41) is 2.55. The van der Waals surface area contributed by atoms with Crippen molar-refractivity contribution in [2.75, 3.05) is 4.90 Å². The van der Waals surface area contributed by atoms with Crippen molar-refractivity contribution in [2.24, 2.45) is 0 Å². The minimum absolute atomic E-state index is 0.0467. The Hall–Kier alpha value is -6.18. The van der Waals surface area contributed by atoms with Gasteiger partial charge in [-0.1, -0.05) is 166 Å². The van der Waals surface area contributed by atoms with Crippen LogP contribution in [-0.2, 0) is 5.41 Å². The standard InChI is InChI=1S/C49H37N/c1-49(2)46-20-12-11-19-44(46)48-45-33-41(31-25-38(45)26-32-47(48)49)50(39-27-21-35(22-28-39)34-13-5-3-6-14-34)40-29-23-37(24-30-40)43-18-10-9-17-42(43)36-15-7-4-8-16-36/h3-33H,1-2H3. The van der Waals surface area contributed by atoms with Crippen LogP contribution in [0.15, 0.2) is 188 Å². The van der Waals surface area contributed by atoms with E-state index in [2.05, 4.69) is 207 Å². The van der Waals surface area contributed by atoms with Crippen molar-refractivity contribution in [2.45, 2.75) is 19.3 Å². The summed E-state index contributed by atoms with van der Waals surface area (Å²) in [7, 11) is 0. The SMILES string of the molecule is CC1(C)c2ccccc2-c2c1ccc1ccc(N(c3ccc(-c4ccccc4)cc3)c3ccc(-c4ccccc4-c4ccccc4)cc3)cc21. The van der Waals surface area contributed by atoms with E-state index >= 15 is 0 Å². The summed E-state index contributed by atoms with van der Waals surface area (Å²) in [5.41, 5.74) is 16.1. The lowest BCUT2D eigenvalue weighted by molar-refractivity contribution is 0.661. The van der Waals surface area contributed by atoms with Crippen LogP contribution < -0.4 is 4.90 Å². The highest BCUT2D eigenvalue weighted by Gasteiger charge is 2.36. The van der Waals surface area contributed by atoms with Crippen LogP contribution in [0.4, 0.5) is 17.1 Å². The molecule has 1 heteroatoms. The number of anilines is 3. The van der Waals surface area contributed by atoms with Gasteiger partial charge in [-0.3, -0.25) is 0 Å². The Balaban J connectivity index is 1.19. The van der Waals surface area contributed by atoms with E-state index in [-0.39, 0.29) is 5.41 Å². The summed E-state index contributed by atoms with van der Waals surface area (Å²) < 4.78 is 0. The molecule has 8 aromatic rings. The summed E-state index contributed by atoms with van der Waals surface area (Å²) in [5.74, 6) is 0. The average molecular weight is 640 g/mol. The fourth-order valence-electron chi connectivity index (χ4n) is 7.92. The maximum atomic E-state index is 2.40. The zero-order valence-corrected chi connectivity index (χ0v) is 28.3. The van der Waals surface area contributed by atoms with Gasteiger partial charge in [-0.2, -0.15) is 0 Å². The molecule has 0 saturated carbocycles. The lowest BCUT2D eigenvalue weighted by Crippen LogP contribution is -2.14. The van der Waals surface area contributed by atoms with Crippen LogP contribution in [0.2, 0.25) is 0 Å². The molecule has 0 unspecified atom stereocenters. The Bertz CT molecular complexity index is 2470. The number of rotatable bonds is 6. The van der Waals surface area contributed by atoms with Crippen molar-refractivity contribution in [3.8, 4) is 44.5 Å². The lowest BCUT2D eigenvalue weighted by atomic mass is 9.82. The second-order valence-electron chi connectivity index (χ2n) is 13.8. The molecule has 0 bridgehead atoms.